The van der Waals surface area contributed by atoms with E-state index in [-0.39, 0.29) is 86.5 Å². The topological polar surface area (TPSA) is 192 Å². The largest absolute Gasteiger partial charge is 0.491 e. The van der Waals surface area contributed by atoms with E-state index in [0.29, 0.717) is 33.8 Å². The SMILES string of the molecule is C[C@H](CS(=O)(=O)c1ccc(OCCOCCC(=O)N2CCN(C(=O)c3cc(Cc4n[nH]c(=O)c5ccccc45)ccc3F)CC2)cc1)C(=O)Nc1ccc(C#N)c(C(F)(F)F)c1. The first-order valence-electron chi connectivity index (χ1n) is 19.3. The maximum Gasteiger partial charge on any atom is 0.417 e. The molecule has 4 aromatic carbocycles. The molecular weight excluding hydrogens is 837 g/mol. The van der Waals surface area contributed by atoms with E-state index in [0.717, 1.165) is 12.1 Å². The van der Waals surface area contributed by atoms with Gasteiger partial charge in [0.05, 0.1) is 64.1 Å². The average Bonchev–Trinajstić information content (AvgIpc) is 3.26. The van der Waals surface area contributed by atoms with Crippen LogP contribution in [0.25, 0.3) is 10.8 Å². The van der Waals surface area contributed by atoms with Gasteiger partial charge in [-0.05, 0) is 66.2 Å². The Morgan fingerprint density at radius 2 is 1.61 bits per heavy atom. The number of alkyl halides is 3. The van der Waals surface area contributed by atoms with Gasteiger partial charge in [0.2, 0.25) is 11.8 Å². The first kappa shape index (κ1) is 44.9. The number of carbonyl (C=O) groups is 3. The molecule has 1 aliphatic heterocycles. The summed E-state index contributed by atoms with van der Waals surface area (Å²) in [6, 6.07) is 20.8. The molecule has 5 aromatic rings. The third-order valence-electron chi connectivity index (χ3n) is 10.1. The molecule has 0 unspecified atom stereocenters. The lowest BCUT2D eigenvalue weighted by atomic mass is 10.0. The van der Waals surface area contributed by atoms with E-state index in [1.54, 1.807) is 35.2 Å². The minimum absolute atomic E-state index is 0.0726. The molecule has 0 aliphatic carbocycles. The summed E-state index contributed by atoms with van der Waals surface area (Å²) in [5, 5.41) is 19.0. The third kappa shape index (κ3) is 11.0. The first-order valence-corrected chi connectivity index (χ1v) is 21.0. The van der Waals surface area contributed by atoms with Gasteiger partial charge in [-0.1, -0.05) is 31.2 Å². The van der Waals surface area contributed by atoms with Crippen LogP contribution in [0.1, 0.15) is 46.1 Å². The maximum absolute atomic E-state index is 14.9. The van der Waals surface area contributed by atoms with Gasteiger partial charge in [0.25, 0.3) is 11.5 Å². The van der Waals surface area contributed by atoms with E-state index in [1.165, 1.54) is 54.3 Å². The highest BCUT2D eigenvalue weighted by molar-refractivity contribution is 7.91. The molecule has 0 bridgehead atoms. The molecular formula is C43H40F4N6O8S. The number of fused-ring (bicyclic) bond motifs is 1. The molecule has 14 nitrogen and oxygen atoms in total. The normalized spacial score (nSPS) is 13.7. The van der Waals surface area contributed by atoms with Gasteiger partial charge in [-0.25, -0.2) is 17.9 Å². The number of nitrogens with one attached hydrogen (secondary N) is 2. The number of piperazine rings is 1. The van der Waals surface area contributed by atoms with Crippen LogP contribution in [0.15, 0.2) is 94.6 Å². The standard InChI is InChI=1S/C43H40F4N6O8S/c1-27(40(55)49-30-8-7-29(25-48)36(24-30)43(45,46)47)26-62(58,59)32-11-9-31(10-12-32)61-21-20-60-19-14-39(54)52-15-17-53(18-16-52)42(57)35-22-28(6-13-37(35)44)23-38-33-4-2-3-5-34(33)41(56)51-50-38/h2-13,22,24,27H,14-21,23,26H2,1H3,(H,49,55)(H,51,56)/t27-/m1/s1. The number of anilines is 1. The number of ether oxygens (including phenoxy) is 2. The molecule has 19 heteroatoms. The van der Waals surface area contributed by atoms with Gasteiger partial charge in [-0.15, -0.1) is 0 Å². The average molecular weight is 877 g/mol. The van der Waals surface area contributed by atoms with Crippen LogP contribution in [0.5, 0.6) is 5.75 Å². The van der Waals surface area contributed by atoms with E-state index in [1.807, 2.05) is 0 Å². The summed E-state index contributed by atoms with van der Waals surface area (Å²) in [5.74, 6) is -3.62. The predicted molar refractivity (Wildman–Crippen MR) is 217 cm³/mol. The van der Waals surface area contributed by atoms with Crippen LogP contribution in [-0.4, -0.2) is 97.9 Å². The molecule has 6 rings (SSSR count). The van der Waals surface area contributed by atoms with Crippen molar-refractivity contribution in [3.63, 3.8) is 0 Å². The lowest BCUT2D eigenvalue weighted by Crippen LogP contribution is -2.50. The lowest BCUT2D eigenvalue weighted by Gasteiger charge is -2.35. The molecule has 62 heavy (non-hydrogen) atoms. The molecule has 1 saturated heterocycles. The number of H-pyrrole nitrogens is 1. The van der Waals surface area contributed by atoms with Crippen molar-refractivity contribution >= 4 is 44.0 Å². The van der Waals surface area contributed by atoms with Gasteiger partial charge in [0.15, 0.2) is 9.84 Å². The highest BCUT2D eigenvalue weighted by Gasteiger charge is 2.34. The van der Waals surface area contributed by atoms with Crippen LogP contribution in [0.4, 0.5) is 23.2 Å². The Morgan fingerprint density at radius 3 is 2.31 bits per heavy atom. The second kappa shape index (κ2) is 19.4. The highest BCUT2D eigenvalue weighted by atomic mass is 32.2. The summed E-state index contributed by atoms with van der Waals surface area (Å²) < 4.78 is 92.0. The molecule has 1 fully saturated rings. The molecule has 0 radical (unpaired) electrons. The maximum atomic E-state index is 14.9. The minimum Gasteiger partial charge on any atom is -0.491 e. The number of nitriles is 1. The van der Waals surface area contributed by atoms with E-state index < -0.39 is 56.4 Å². The molecule has 1 aliphatic rings. The van der Waals surface area contributed by atoms with Gasteiger partial charge in [-0.2, -0.15) is 23.5 Å². The Bertz CT molecular complexity index is 2680. The first-order chi connectivity index (χ1) is 29.5. The number of rotatable bonds is 15. The van der Waals surface area contributed by atoms with Gasteiger partial charge in [-0.3, -0.25) is 19.2 Å². The van der Waals surface area contributed by atoms with Crippen molar-refractivity contribution in [2.75, 3.05) is 57.1 Å². The number of aromatic nitrogens is 2. The van der Waals surface area contributed by atoms with Crippen LogP contribution < -0.4 is 15.6 Å². The van der Waals surface area contributed by atoms with Gasteiger partial charge in [0.1, 0.15) is 18.2 Å². The second-order valence-corrected chi connectivity index (χ2v) is 16.5. The zero-order valence-corrected chi connectivity index (χ0v) is 34.0. The molecule has 0 spiro atoms. The molecule has 2 N–H and O–H groups in total. The number of carbonyl (C=O) groups excluding carboxylic acids is 3. The van der Waals surface area contributed by atoms with E-state index >= 15 is 0 Å². The van der Waals surface area contributed by atoms with Crippen molar-refractivity contribution in [1.29, 1.82) is 5.26 Å². The molecule has 2 heterocycles. The Morgan fingerprint density at radius 1 is 0.919 bits per heavy atom. The summed E-state index contributed by atoms with van der Waals surface area (Å²) in [6.07, 6.45) is -4.50. The fraction of sp³-hybridized carbons (Fsp3) is 0.302. The van der Waals surface area contributed by atoms with Crippen LogP contribution in [-0.2, 0) is 36.8 Å². The predicted octanol–water partition coefficient (Wildman–Crippen LogP) is 5.36. The molecule has 3 amide bonds. The van der Waals surface area contributed by atoms with Crippen molar-refractivity contribution < 1.29 is 49.8 Å². The highest BCUT2D eigenvalue weighted by Crippen LogP contribution is 2.34. The van der Waals surface area contributed by atoms with Gasteiger partial charge >= 0.3 is 6.18 Å². The number of aromatic amines is 1. The Labute approximate surface area is 353 Å². The van der Waals surface area contributed by atoms with Crippen LogP contribution >= 0.6 is 0 Å². The summed E-state index contributed by atoms with van der Waals surface area (Å²) in [5.41, 5.74) is -1.29. The number of hydrogen-bond donors (Lipinski definition) is 2. The fourth-order valence-corrected chi connectivity index (χ4v) is 8.33. The van der Waals surface area contributed by atoms with E-state index in [9.17, 15) is 45.2 Å². The molecule has 0 saturated carbocycles. The van der Waals surface area contributed by atoms with Crippen molar-refractivity contribution in [1.82, 2.24) is 20.0 Å². The van der Waals surface area contributed by atoms with Crippen molar-refractivity contribution in [3.8, 4) is 11.8 Å². The summed E-state index contributed by atoms with van der Waals surface area (Å²) >= 11 is 0. The number of amides is 3. The van der Waals surface area contributed by atoms with E-state index in [2.05, 4.69) is 15.5 Å². The molecule has 324 valence electrons. The van der Waals surface area contributed by atoms with E-state index in [4.69, 9.17) is 14.7 Å². The summed E-state index contributed by atoms with van der Waals surface area (Å²) in [7, 11) is -3.99. The lowest BCUT2D eigenvalue weighted by molar-refractivity contribution is -0.138. The van der Waals surface area contributed by atoms with Crippen molar-refractivity contribution in [2.24, 2.45) is 5.92 Å². The Kier molecular flexibility index (Phi) is 14.0. The summed E-state index contributed by atoms with van der Waals surface area (Å²) in [6.45, 7) is 2.54. The van der Waals surface area contributed by atoms with Crippen LogP contribution in [0, 0.1) is 23.1 Å². The second-order valence-electron chi connectivity index (χ2n) is 14.4. The summed E-state index contributed by atoms with van der Waals surface area (Å²) in [4.78, 5) is 54.1. The van der Waals surface area contributed by atoms with Gasteiger partial charge < -0.3 is 24.6 Å². The van der Waals surface area contributed by atoms with Gasteiger partial charge in [0, 0.05) is 49.6 Å². The third-order valence-corrected chi connectivity index (χ3v) is 12.0. The number of benzene rings is 4. The van der Waals surface area contributed by atoms with Crippen molar-refractivity contribution in [2.45, 2.75) is 30.8 Å². The number of nitrogens with zero attached hydrogens (tertiary/aromatic N) is 4. The number of halogens is 4. The Hall–Kier alpha value is -6.65. The quantitative estimate of drug-likeness (QED) is 0.102. The zero-order valence-electron chi connectivity index (χ0n) is 33.2. The minimum atomic E-state index is -4.83. The van der Waals surface area contributed by atoms with Crippen molar-refractivity contribution in [3.05, 3.63) is 129 Å². The fourth-order valence-electron chi connectivity index (χ4n) is 6.78. The van der Waals surface area contributed by atoms with Crippen LogP contribution in [0.2, 0.25) is 0 Å². The van der Waals surface area contributed by atoms with Crippen LogP contribution in [0.3, 0.4) is 0 Å². The smallest absolute Gasteiger partial charge is 0.417 e. The zero-order chi connectivity index (χ0) is 44.6. The molecule has 1 aromatic heterocycles. The monoisotopic (exact) mass is 876 g/mol. The number of hydrogen-bond acceptors (Lipinski definition) is 10. The Balaban J connectivity index is 0.894. The number of sulfone groups is 1. The molecule has 1 atom stereocenters.